The third-order valence-corrected chi connectivity index (χ3v) is 6.95. The summed E-state index contributed by atoms with van der Waals surface area (Å²) in [5.41, 5.74) is -0.217. The largest absolute Gasteiger partial charge is 0.395 e. The fourth-order valence-corrected chi connectivity index (χ4v) is 9.08. The highest BCUT2D eigenvalue weighted by atomic mass is 28.4. The molecule has 0 saturated heterocycles. The molecule has 0 atom stereocenters. The maximum Gasteiger partial charge on any atom is 0.187 e. The second-order valence-electron chi connectivity index (χ2n) is 6.67. The van der Waals surface area contributed by atoms with E-state index in [-0.39, 0.29) is 14.9 Å². The summed E-state index contributed by atoms with van der Waals surface area (Å²) in [4.78, 5) is 0. The number of hydrogen-bond donors (Lipinski definition) is 0. The van der Waals surface area contributed by atoms with E-state index < -0.39 is 16.6 Å². The molecule has 0 aliphatic heterocycles. The Bertz CT molecular complexity index is 190. The van der Waals surface area contributed by atoms with Crippen LogP contribution in [0.25, 0.3) is 0 Å². The van der Waals surface area contributed by atoms with Gasteiger partial charge in [-0.3, -0.25) is 0 Å². The first-order chi connectivity index (χ1) is 6.97. The van der Waals surface area contributed by atoms with E-state index in [2.05, 4.69) is 53.1 Å². The third kappa shape index (κ3) is 8.69. The molecule has 0 rings (SSSR count). The van der Waals surface area contributed by atoms with Crippen LogP contribution in [0.4, 0.5) is 0 Å². The van der Waals surface area contributed by atoms with Crippen LogP contribution in [0, 0.1) is 0 Å². The molecule has 0 heterocycles. The minimum absolute atomic E-state index is 0.217. The van der Waals surface area contributed by atoms with Crippen LogP contribution in [0.15, 0.2) is 0 Å². The van der Waals surface area contributed by atoms with Crippen molar-refractivity contribution < 1.29 is 8.85 Å². The quantitative estimate of drug-likeness (QED) is 0.525. The Labute approximate surface area is 106 Å². The van der Waals surface area contributed by atoms with Crippen molar-refractivity contribution in [1.82, 2.24) is 0 Å². The molecule has 16 heavy (non-hydrogen) atoms. The number of hydrogen-bond acceptors (Lipinski definition) is 2. The van der Waals surface area contributed by atoms with Gasteiger partial charge in [0.1, 0.15) is 5.41 Å². The monoisotopic (exact) mass is 278 g/mol. The van der Waals surface area contributed by atoms with Gasteiger partial charge in [-0.2, -0.15) is 0 Å². The van der Waals surface area contributed by atoms with Crippen molar-refractivity contribution in [3.05, 3.63) is 0 Å². The van der Waals surface area contributed by atoms with Crippen LogP contribution in [0.5, 0.6) is 0 Å². The molecule has 0 unspecified atom stereocenters. The van der Waals surface area contributed by atoms with Gasteiger partial charge in [-0.1, -0.05) is 19.4 Å². The molecule has 0 bridgehead atoms. The van der Waals surface area contributed by atoms with Gasteiger partial charge in [0, 0.05) is 0 Å². The third-order valence-electron chi connectivity index (χ3n) is 2.03. The van der Waals surface area contributed by atoms with E-state index in [0.29, 0.717) is 0 Å². The maximum atomic E-state index is 6.32. The highest BCUT2D eigenvalue weighted by molar-refractivity contribution is 6.72. The molecule has 0 N–H and O–H groups in total. The summed E-state index contributed by atoms with van der Waals surface area (Å²) in [6.07, 6.45) is 1.26. The van der Waals surface area contributed by atoms with Gasteiger partial charge >= 0.3 is 0 Å². The fourth-order valence-electron chi connectivity index (χ4n) is 1.92. The summed E-state index contributed by atoms with van der Waals surface area (Å²) < 4.78 is 12.6. The van der Waals surface area contributed by atoms with Crippen LogP contribution in [0.2, 0.25) is 45.3 Å². The van der Waals surface area contributed by atoms with Crippen molar-refractivity contribution in [1.29, 1.82) is 0 Å². The van der Waals surface area contributed by atoms with Crippen LogP contribution in [0.3, 0.4) is 0 Å². The lowest BCUT2D eigenvalue weighted by atomic mass is 10.6. The Morgan fingerprint density at radius 1 is 0.938 bits per heavy atom. The zero-order valence-electron chi connectivity index (χ0n) is 12.4. The van der Waals surface area contributed by atoms with E-state index in [1.807, 2.05) is 0 Å². The van der Waals surface area contributed by atoms with E-state index >= 15 is 0 Å². The first-order valence-electron chi connectivity index (χ1n) is 6.38. The summed E-state index contributed by atoms with van der Waals surface area (Å²) in [7, 11) is -3.33. The van der Waals surface area contributed by atoms with Gasteiger partial charge in [-0.05, 0) is 46.2 Å². The highest BCUT2D eigenvalue weighted by Gasteiger charge is 2.35. The topological polar surface area (TPSA) is 18.5 Å². The first-order valence-corrected chi connectivity index (χ1v) is 14.9. The van der Waals surface area contributed by atoms with E-state index in [4.69, 9.17) is 8.85 Å². The van der Waals surface area contributed by atoms with Crippen molar-refractivity contribution in [3.63, 3.8) is 0 Å². The Morgan fingerprint density at radius 3 is 1.56 bits per heavy atom. The molecule has 0 fully saturated rings. The highest BCUT2D eigenvalue weighted by Crippen LogP contribution is 2.24. The van der Waals surface area contributed by atoms with E-state index in [1.54, 1.807) is 0 Å². The lowest BCUT2D eigenvalue weighted by Gasteiger charge is -2.40. The summed E-state index contributed by atoms with van der Waals surface area (Å²) in [6, 6.07) is 1.31. The second kappa shape index (κ2) is 5.95. The summed E-state index contributed by atoms with van der Waals surface area (Å²) in [6.45, 7) is 17.9. The Balaban J connectivity index is 4.61. The van der Waals surface area contributed by atoms with E-state index in [9.17, 15) is 0 Å². The molecular formula is C11H30O2Si3. The van der Waals surface area contributed by atoms with Gasteiger partial charge in [0.2, 0.25) is 0 Å². The molecule has 0 aliphatic carbocycles. The SMILES string of the molecule is CCC[SiH2]C(C)(O[Si](C)(C)C)O[Si](C)(C)C. The molecular weight excluding hydrogens is 248 g/mol. The summed E-state index contributed by atoms with van der Waals surface area (Å²) in [5, 5.41) is 0. The van der Waals surface area contributed by atoms with Crippen molar-refractivity contribution in [2.75, 3.05) is 0 Å². The molecule has 5 heteroatoms. The van der Waals surface area contributed by atoms with E-state index in [0.717, 1.165) is 0 Å². The van der Waals surface area contributed by atoms with Crippen LogP contribution in [-0.2, 0) is 8.85 Å². The minimum atomic E-state index is -1.51. The average Bonchev–Trinajstić information content (AvgIpc) is 1.93. The molecule has 0 aliphatic rings. The van der Waals surface area contributed by atoms with Crippen LogP contribution in [-0.4, -0.2) is 31.6 Å². The van der Waals surface area contributed by atoms with Crippen molar-refractivity contribution in [2.45, 2.75) is 71.0 Å². The molecule has 0 aromatic heterocycles. The van der Waals surface area contributed by atoms with Crippen LogP contribution in [0.1, 0.15) is 20.3 Å². The van der Waals surface area contributed by atoms with Gasteiger partial charge in [0.25, 0.3) is 0 Å². The normalized spacial score (nSPS) is 15.0. The standard InChI is InChI=1S/C11H30O2Si3/c1-9-10-14-11(2,12-15(3,4)5)13-16(6,7)8/h9-10,14H2,1-8H3. The van der Waals surface area contributed by atoms with Crippen molar-refractivity contribution >= 4 is 26.2 Å². The molecule has 0 aromatic carbocycles. The van der Waals surface area contributed by atoms with Gasteiger partial charge < -0.3 is 8.85 Å². The van der Waals surface area contributed by atoms with Crippen molar-refractivity contribution in [2.24, 2.45) is 0 Å². The summed E-state index contributed by atoms with van der Waals surface area (Å²) in [5.74, 6) is 0. The van der Waals surface area contributed by atoms with Gasteiger partial charge in [-0.15, -0.1) is 0 Å². The molecule has 0 aromatic rings. The van der Waals surface area contributed by atoms with Crippen LogP contribution >= 0.6 is 0 Å². The van der Waals surface area contributed by atoms with Crippen LogP contribution < -0.4 is 0 Å². The first kappa shape index (κ1) is 16.6. The average molecular weight is 279 g/mol. The fraction of sp³-hybridized carbons (Fsp3) is 1.00. The lowest BCUT2D eigenvalue weighted by molar-refractivity contribution is -0.0389. The Morgan fingerprint density at radius 2 is 1.31 bits per heavy atom. The Hall–Kier alpha value is 0.571. The van der Waals surface area contributed by atoms with Gasteiger partial charge in [0.15, 0.2) is 16.6 Å². The lowest BCUT2D eigenvalue weighted by Crippen LogP contribution is -2.51. The molecule has 98 valence electrons. The number of rotatable bonds is 7. The second-order valence-corrected chi connectivity index (χ2v) is 18.0. The smallest absolute Gasteiger partial charge is 0.187 e. The maximum absolute atomic E-state index is 6.32. The molecule has 0 amide bonds. The molecule has 2 nitrogen and oxygen atoms in total. The molecule has 0 saturated carbocycles. The predicted molar refractivity (Wildman–Crippen MR) is 80.9 cm³/mol. The molecule has 0 spiro atoms. The van der Waals surface area contributed by atoms with E-state index in [1.165, 1.54) is 12.5 Å². The van der Waals surface area contributed by atoms with Crippen molar-refractivity contribution in [3.8, 4) is 0 Å². The predicted octanol–water partition coefficient (Wildman–Crippen LogP) is 3.36. The Kier molecular flexibility index (Phi) is 6.16. The minimum Gasteiger partial charge on any atom is -0.395 e. The van der Waals surface area contributed by atoms with Gasteiger partial charge in [0.05, 0.1) is 9.52 Å². The van der Waals surface area contributed by atoms with Gasteiger partial charge in [-0.25, -0.2) is 0 Å². The molecule has 0 radical (unpaired) electrons. The summed E-state index contributed by atoms with van der Waals surface area (Å²) >= 11 is 0. The zero-order chi connectivity index (χ0) is 13.0. The zero-order valence-corrected chi connectivity index (χ0v) is 15.9.